The Labute approximate surface area is 105 Å². The van der Waals surface area contributed by atoms with Gasteiger partial charge in [-0.25, -0.2) is 0 Å². The normalized spacial score (nSPS) is 31.7. The fourth-order valence-corrected chi connectivity index (χ4v) is 3.08. The highest BCUT2D eigenvalue weighted by Crippen LogP contribution is 2.49. The van der Waals surface area contributed by atoms with E-state index in [2.05, 4.69) is 0 Å². The molecule has 1 spiro atoms. The van der Waals surface area contributed by atoms with Gasteiger partial charge in [-0.3, -0.25) is 4.79 Å². The maximum Gasteiger partial charge on any atom is 0.326 e. The van der Waals surface area contributed by atoms with Crippen LogP contribution in [-0.2, 0) is 14.9 Å². The summed E-state index contributed by atoms with van der Waals surface area (Å²) in [6, 6.07) is 7.68. The molecule has 3 aliphatic rings. The Kier molecular flexibility index (Phi) is 1.80. The summed E-state index contributed by atoms with van der Waals surface area (Å²) < 4.78 is 10.8. The van der Waals surface area contributed by atoms with Crippen LogP contribution in [0.2, 0.25) is 0 Å². The summed E-state index contributed by atoms with van der Waals surface area (Å²) in [4.78, 5) is 12.3. The van der Waals surface area contributed by atoms with E-state index in [9.17, 15) is 4.79 Å². The third kappa shape index (κ3) is 1.11. The van der Waals surface area contributed by atoms with E-state index in [1.54, 1.807) is 6.26 Å². The van der Waals surface area contributed by atoms with Gasteiger partial charge in [-0.2, -0.15) is 0 Å². The lowest BCUT2D eigenvalue weighted by molar-refractivity contribution is -0.137. The summed E-state index contributed by atoms with van der Waals surface area (Å²) in [6.07, 6.45) is 6.51. The second-order valence-corrected chi connectivity index (χ2v) is 5.04. The van der Waals surface area contributed by atoms with Crippen molar-refractivity contribution in [2.75, 3.05) is 6.61 Å². The molecule has 0 aromatic heterocycles. The summed E-state index contributed by atoms with van der Waals surface area (Å²) in [6.45, 7) is 0.664. The summed E-state index contributed by atoms with van der Waals surface area (Å²) in [5.74, 6) is 0.832. The number of para-hydroxylation sites is 1. The van der Waals surface area contributed by atoms with Gasteiger partial charge in [0.2, 0.25) is 0 Å². The molecule has 1 aliphatic carbocycles. The van der Waals surface area contributed by atoms with Crippen LogP contribution in [0.25, 0.3) is 0 Å². The quantitative estimate of drug-likeness (QED) is 0.515. The van der Waals surface area contributed by atoms with Crippen molar-refractivity contribution >= 4 is 5.97 Å². The first kappa shape index (κ1) is 9.95. The third-order valence-electron chi connectivity index (χ3n) is 4.05. The molecule has 0 saturated heterocycles. The van der Waals surface area contributed by atoms with Crippen molar-refractivity contribution in [2.45, 2.75) is 11.8 Å². The smallest absolute Gasteiger partial charge is 0.326 e. The Bertz CT molecular complexity index is 600. The second kappa shape index (κ2) is 3.25. The van der Waals surface area contributed by atoms with Gasteiger partial charge in [0.05, 0.1) is 12.9 Å². The molecule has 0 amide bonds. The lowest BCUT2D eigenvalue weighted by Gasteiger charge is -2.29. The van der Waals surface area contributed by atoms with Gasteiger partial charge in [-0.05, 0) is 18.1 Å². The van der Waals surface area contributed by atoms with Gasteiger partial charge < -0.3 is 9.47 Å². The van der Waals surface area contributed by atoms with Crippen LogP contribution in [0.3, 0.4) is 0 Å². The third-order valence-corrected chi connectivity index (χ3v) is 4.05. The van der Waals surface area contributed by atoms with Crippen molar-refractivity contribution in [2.24, 2.45) is 5.92 Å². The maximum atomic E-state index is 12.3. The molecule has 3 nitrogen and oxygen atoms in total. The number of allylic oxidation sites excluding steroid dienone is 1. The molecule has 2 unspecified atom stereocenters. The number of fused-ring (bicyclic) bond motifs is 3. The van der Waals surface area contributed by atoms with Crippen LogP contribution in [0.5, 0.6) is 5.75 Å². The van der Waals surface area contributed by atoms with E-state index in [-0.39, 0.29) is 5.97 Å². The molecule has 3 heteroatoms. The van der Waals surface area contributed by atoms with E-state index in [0.29, 0.717) is 18.3 Å². The SMILES string of the molecule is O=C1Oc2ccccc2C12C=CC1=COCC1C2. The predicted octanol–water partition coefficient (Wildman–Crippen LogP) is 2.33. The number of ether oxygens (including phenoxy) is 2. The Morgan fingerprint density at radius 1 is 1.28 bits per heavy atom. The van der Waals surface area contributed by atoms with Gasteiger partial charge in [-0.15, -0.1) is 0 Å². The van der Waals surface area contributed by atoms with Gasteiger partial charge >= 0.3 is 5.97 Å². The van der Waals surface area contributed by atoms with Gasteiger partial charge in [0.25, 0.3) is 0 Å². The minimum Gasteiger partial charge on any atom is -0.500 e. The molecule has 0 radical (unpaired) electrons. The molecule has 0 fully saturated rings. The monoisotopic (exact) mass is 240 g/mol. The molecule has 4 rings (SSSR count). The lowest BCUT2D eigenvalue weighted by atomic mass is 9.70. The summed E-state index contributed by atoms with van der Waals surface area (Å²) in [5.41, 5.74) is 1.56. The molecule has 2 heterocycles. The number of esters is 1. The Balaban J connectivity index is 1.87. The van der Waals surface area contributed by atoms with E-state index in [0.717, 1.165) is 12.0 Å². The zero-order valence-electron chi connectivity index (χ0n) is 9.76. The van der Waals surface area contributed by atoms with E-state index in [1.165, 1.54) is 5.57 Å². The van der Waals surface area contributed by atoms with Gasteiger partial charge in [0.15, 0.2) is 0 Å². The highest BCUT2D eigenvalue weighted by atomic mass is 16.5. The topological polar surface area (TPSA) is 35.5 Å². The predicted molar refractivity (Wildman–Crippen MR) is 65.0 cm³/mol. The number of carbonyl (C=O) groups is 1. The first-order valence-electron chi connectivity index (χ1n) is 6.12. The van der Waals surface area contributed by atoms with Crippen LogP contribution in [0, 0.1) is 5.92 Å². The fourth-order valence-electron chi connectivity index (χ4n) is 3.08. The van der Waals surface area contributed by atoms with Gasteiger partial charge in [0, 0.05) is 11.5 Å². The zero-order valence-corrected chi connectivity index (χ0v) is 9.76. The molecular formula is C15H12O3. The molecule has 1 aromatic rings. The van der Waals surface area contributed by atoms with Crippen LogP contribution in [0.1, 0.15) is 12.0 Å². The summed E-state index contributed by atoms with van der Waals surface area (Å²) in [5, 5.41) is 0. The average molecular weight is 240 g/mol. The van der Waals surface area contributed by atoms with E-state index in [4.69, 9.17) is 9.47 Å². The molecule has 0 N–H and O–H groups in total. The van der Waals surface area contributed by atoms with Crippen LogP contribution in [-0.4, -0.2) is 12.6 Å². The number of benzene rings is 1. The number of hydrogen-bond donors (Lipinski definition) is 0. The second-order valence-electron chi connectivity index (χ2n) is 5.04. The Morgan fingerprint density at radius 3 is 3.11 bits per heavy atom. The van der Waals surface area contributed by atoms with Crippen LogP contribution < -0.4 is 4.74 Å². The fraction of sp³-hybridized carbons (Fsp3) is 0.267. The number of hydrogen-bond acceptors (Lipinski definition) is 3. The van der Waals surface area contributed by atoms with Crippen LogP contribution in [0.4, 0.5) is 0 Å². The minimum atomic E-state index is -0.605. The molecule has 0 bridgehead atoms. The summed E-state index contributed by atoms with van der Waals surface area (Å²) in [7, 11) is 0. The lowest BCUT2D eigenvalue weighted by Crippen LogP contribution is -2.36. The Morgan fingerprint density at radius 2 is 2.17 bits per heavy atom. The van der Waals surface area contributed by atoms with E-state index in [1.807, 2.05) is 36.4 Å². The van der Waals surface area contributed by atoms with Crippen molar-refractivity contribution < 1.29 is 14.3 Å². The van der Waals surface area contributed by atoms with Gasteiger partial charge in [-0.1, -0.05) is 30.4 Å². The van der Waals surface area contributed by atoms with Crippen molar-refractivity contribution in [1.29, 1.82) is 0 Å². The van der Waals surface area contributed by atoms with E-state index < -0.39 is 5.41 Å². The van der Waals surface area contributed by atoms with Crippen molar-refractivity contribution in [3.63, 3.8) is 0 Å². The molecule has 90 valence electrons. The first-order valence-corrected chi connectivity index (χ1v) is 6.12. The molecular weight excluding hydrogens is 228 g/mol. The molecule has 0 saturated carbocycles. The van der Waals surface area contributed by atoms with Crippen molar-refractivity contribution in [3.8, 4) is 5.75 Å². The summed E-state index contributed by atoms with van der Waals surface area (Å²) >= 11 is 0. The van der Waals surface area contributed by atoms with E-state index >= 15 is 0 Å². The zero-order chi connectivity index (χ0) is 12.2. The maximum absolute atomic E-state index is 12.3. The highest BCUT2D eigenvalue weighted by molar-refractivity contribution is 5.93. The van der Waals surface area contributed by atoms with Crippen molar-refractivity contribution in [1.82, 2.24) is 0 Å². The van der Waals surface area contributed by atoms with Crippen LogP contribution >= 0.6 is 0 Å². The van der Waals surface area contributed by atoms with Crippen LogP contribution in [0.15, 0.2) is 48.3 Å². The largest absolute Gasteiger partial charge is 0.500 e. The molecule has 18 heavy (non-hydrogen) atoms. The molecule has 2 aliphatic heterocycles. The molecule has 1 aromatic carbocycles. The minimum absolute atomic E-state index is 0.161. The van der Waals surface area contributed by atoms with Crippen molar-refractivity contribution in [3.05, 3.63) is 53.8 Å². The first-order chi connectivity index (χ1) is 8.79. The van der Waals surface area contributed by atoms with Gasteiger partial charge in [0.1, 0.15) is 11.2 Å². The number of rotatable bonds is 0. The Hall–Kier alpha value is -2.03. The molecule has 2 atom stereocenters. The highest BCUT2D eigenvalue weighted by Gasteiger charge is 2.50. The average Bonchev–Trinajstić information content (AvgIpc) is 2.95. The standard InChI is InChI=1S/C15H12O3/c16-14-15(12-3-1-2-4-13(12)18-14)6-5-10-8-17-9-11(10)7-15/h1-6,8,11H,7,9H2. The number of carbonyl (C=O) groups excluding carboxylic acids is 1.